The molecule has 1 heterocycles. The first kappa shape index (κ1) is 11.7. The highest BCUT2D eigenvalue weighted by molar-refractivity contribution is 5.21. The van der Waals surface area contributed by atoms with Gasteiger partial charge in [-0.1, -0.05) is 36.2 Å². The fraction of sp³-hybridized carbons (Fsp3) is 0.600. The van der Waals surface area contributed by atoms with E-state index in [1.165, 1.54) is 30.4 Å². The second kappa shape index (κ2) is 5.01. The van der Waals surface area contributed by atoms with Crippen molar-refractivity contribution < 1.29 is 0 Å². The quantitative estimate of drug-likeness (QED) is 0.729. The molecular formula is C15H23N. The number of hydrogen-bond acceptors (Lipinski definition) is 1. The van der Waals surface area contributed by atoms with Crippen molar-refractivity contribution in [1.29, 1.82) is 0 Å². The Morgan fingerprint density at radius 3 is 2.19 bits per heavy atom. The van der Waals surface area contributed by atoms with Gasteiger partial charge >= 0.3 is 0 Å². The zero-order valence-electron chi connectivity index (χ0n) is 10.7. The van der Waals surface area contributed by atoms with Gasteiger partial charge in [0.15, 0.2) is 0 Å². The summed E-state index contributed by atoms with van der Waals surface area (Å²) in [5.41, 5.74) is 2.80. The molecule has 0 radical (unpaired) electrons. The van der Waals surface area contributed by atoms with E-state index in [-0.39, 0.29) is 0 Å². The van der Waals surface area contributed by atoms with Crippen LogP contribution in [-0.4, -0.2) is 17.0 Å². The first-order valence-corrected chi connectivity index (χ1v) is 6.48. The number of likely N-dealkylation sites (tertiary alicyclic amines) is 1. The van der Waals surface area contributed by atoms with Crippen LogP contribution in [0.25, 0.3) is 0 Å². The van der Waals surface area contributed by atoms with Crippen LogP contribution >= 0.6 is 0 Å². The van der Waals surface area contributed by atoms with E-state index in [9.17, 15) is 0 Å². The van der Waals surface area contributed by atoms with Crippen molar-refractivity contribution in [1.82, 2.24) is 4.90 Å². The molecule has 0 N–H and O–H groups in total. The zero-order chi connectivity index (χ0) is 11.5. The minimum atomic E-state index is 0.741. The zero-order valence-corrected chi connectivity index (χ0v) is 10.7. The maximum absolute atomic E-state index is 2.65. The number of rotatable bonds is 2. The maximum atomic E-state index is 2.65. The molecule has 2 atom stereocenters. The molecular weight excluding hydrogens is 194 g/mol. The van der Waals surface area contributed by atoms with E-state index in [1.54, 1.807) is 0 Å². The summed E-state index contributed by atoms with van der Waals surface area (Å²) in [6, 6.07) is 10.4. The van der Waals surface area contributed by atoms with Gasteiger partial charge in [-0.25, -0.2) is 0 Å². The van der Waals surface area contributed by atoms with Crippen LogP contribution in [0, 0.1) is 6.92 Å². The Bertz CT molecular complexity index is 318. The molecule has 1 aliphatic heterocycles. The molecule has 16 heavy (non-hydrogen) atoms. The monoisotopic (exact) mass is 217 g/mol. The van der Waals surface area contributed by atoms with Crippen LogP contribution < -0.4 is 0 Å². The van der Waals surface area contributed by atoms with Crippen LogP contribution in [0.4, 0.5) is 0 Å². The van der Waals surface area contributed by atoms with Crippen molar-refractivity contribution in [2.24, 2.45) is 0 Å². The van der Waals surface area contributed by atoms with Crippen LogP contribution in [-0.2, 0) is 6.54 Å². The summed E-state index contributed by atoms with van der Waals surface area (Å²) >= 11 is 0. The SMILES string of the molecule is Cc1ccc(CN2[C@H](C)CCC[C@@H]2C)cc1. The van der Waals surface area contributed by atoms with Gasteiger partial charge in [0, 0.05) is 18.6 Å². The number of piperidine rings is 1. The molecule has 0 aliphatic carbocycles. The maximum Gasteiger partial charge on any atom is 0.0239 e. The molecule has 1 nitrogen and oxygen atoms in total. The summed E-state index contributed by atoms with van der Waals surface area (Å²) in [4.78, 5) is 2.65. The molecule has 1 aromatic rings. The highest BCUT2D eigenvalue weighted by Gasteiger charge is 2.24. The minimum Gasteiger partial charge on any atom is -0.294 e. The molecule has 0 unspecified atom stereocenters. The number of aryl methyl sites for hydroxylation is 1. The van der Waals surface area contributed by atoms with Gasteiger partial charge in [0.1, 0.15) is 0 Å². The summed E-state index contributed by atoms with van der Waals surface area (Å²) < 4.78 is 0. The molecule has 0 aromatic heterocycles. The largest absolute Gasteiger partial charge is 0.294 e. The van der Waals surface area contributed by atoms with Crippen LogP contribution in [0.3, 0.4) is 0 Å². The van der Waals surface area contributed by atoms with Crippen LogP contribution in [0.1, 0.15) is 44.2 Å². The van der Waals surface area contributed by atoms with E-state index in [2.05, 4.69) is 49.9 Å². The van der Waals surface area contributed by atoms with Gasteiger partial charge in [-0.3, -0.25) is 4.90 Å². The van der Waals surface area contributed by atoms with E-state index < -0.39 is 0 Å². The Labute approximate surface area is 99.5 Å². The second-order valence-corrected chi connectivity index (χ2v) is 5.29. The molecule has 1 saturated heterocycles. The lowest BCUT2D eigenvalue weighted by atomic mass is 9.96. The van der Waals surface area contributed by atoms with Crippen LogP contribution in [0.15, 0.2) is 24.3 Å². The summed E-state index contributed by atoms with van der Waals surface area (Å²) in [6.45, 7) is 7.99. The molecule has 0 bridgehead atoms. The number of nitrogens with zero attached hydrogens (tertiary/aromatic N) is 1. The van der Waals surface area contributed by atoms with Crippen LogP contribution in [0.2, 0.25) is 0 Å². The van der Waals surface area contributed by atoms with Gasteiger partial charge in [-0.05, 0) is 39.2 Å². The lowest BCUT2D eigenvalue weighted by Crippen LogP contribution is -2.42. The van der Waals surface area contributed by atoms with Gasteiger partial charge in [0.05, 0.1) is 0 Å². The Morgan fingerprint density at radius 2 is 1.62 bits per heavy atom. The van der Waals surface area contributed by atoms with Gasteiger partial charge in [0.25, 0.3) is 0 Å². The summed E-state index contributed by atoms with van der Waals surface area (Å²) in [7, 11) is 0. The van der Waals surface area contributed by atoms with Crippen LogP contribution in [0.5, 0.6) is 0 Å². The topological polar surface area (TPSA) is 3.24 Å². The molecule has 1 fully saturated rings. The third-order valence-corrected chi connectivity index (χ3v) is 3.86. The minimum absolute atomic E-state index is 0.741. The average Bonchev–Trinajstić information content (AvgIpc) is 2.26. The van der Waals surface area contributed by atoms with Crippen molar-refractivity contribution >= 4 is 0 Å². The van der Waals surface area contributed by atoms with Gasteiger partial charge in [-0.15, -0.1) is 0 Å². The summed E-state index contributed by atoms with van der Waals surface area (Å²) in [6.07, 6.45) is 4.11. The first-order valence-electron chi connectivity index (χ1n) is 6.48. The van der Waals surface area contributed by atoms with Gasteiger partial charge in [0.2, 0.25) is 0 Å². The Balaban J connectivity index is 2.04. The van der Waals surface area contributed by atoms with E-state index >= 15 is 0 Å². The van der Waals surface area contributed by atoms with E-state index in [0.29, 0.717) is 0 Å². The van der Waals surface area contributed by atoms with Crippen molar-refractivity contribution in [3.8, 4) is 0 Å². The molecule has 1 aliphatic rings. The molecule has 0 spiro atoms. The molecule has 2 rings (SSSR count). The van der Waals surface area contributed by atoms with Crippen molar-refractivity contribution in [3.63, 3.8) is 0 Å². The highest BCUT2D eigenvalue weighted by atomic mass is 15.2. The predicted molar refractivity (Wildman–Crippen MR) is 69.5 cm³/mol. The fourth-order valence-corrected chi connectivity index (χ4v) is 2.69. The van der Waals surface area contributed by atoms with Gasteiger partial charge < -0.3 is 0 Å². The van der Waals surface area contributed by atoms with E-state index in [1.807, 2.05) is 0 Å². The Hall–Kier alpha value is -0.820. The van der Waals surface area contributed by atoms with Crippen molar-refractivity contribution in [2.45, 2.75) is 58.7 Å². The molecule has 1 heteroatoms. The predicted octanol–water partition coefficient (Wildman–Crippen LogP) is 3.76. The summed E-state index contributed by atoms with van der Waals surface area (Å²) in [5.74, 6) is 0. The highest BCUT2D eigenvalue weighted by Crippen LogP contribution is 2.24. The fourth-order valence-electron chi connectivity index (χ4n) is 2.69. The first-order chi connectivity index (χ1) is 7.66. The third-order valence-electron chi connectivity index (χ3n) is 3.86. The van der Waals surface area contributed by atoms with E-state index in [0.717, 1.165) is 18.6 Å². The average molecular weight is 217 g/mol. The standard InChI is InChI=1S/C15H23N/c1-12-7-9-15(10-8-12)11-16-13(2)5-4-6-14(16)3/h7-10,13-14H,4-6,11H2,1-3H3/t13-,14+. The summed E-state index contributed by atoms with van der Waals surface area (Å²) in [5, 5.41) is 0. The smallest absolute Gasteiger partial charge is 0.0239 e. The molecule has 1 aromatic carbocycles. The number of benzene rings is 1. The Kier molecular flexibility index (Phi) is 3.65. The van der Waals surface area contributed by atoms with Crippen molar-refractivity contribution in [2.75, 3.05) is 0 Å². The molecule has 0 saturated carbocycles. The van der Waals surface area contributed by atoms with Crippen molar-refractivity contribution in [3.05, 3.63) is 35.4 Å². The third kappa shape index (κ3) is 2.65. The second-order valence-electron chi connectivity index (χ2n) is 5.29. The lowest BCUT2D eigenvalue weighted by molar-refractivity contribution is 0.0953. The van der Waals surface area contributed by atoms with Gasteiger partial charge in [-0.2, -0.15) is 0 Å². The normalized spacial score (nSPS) is 26.9. The Morgan fingerprint density at radius 1 is 1.06 bits per heavy atom. The van der Waals surface area contributed by atoms with E-state index in [4.69, 9.17) is 0 Å². The lowest BCUT2D eigenvalue weighted by Gasteiger charge is -2.39. The number of hydrogen-bond donors (Lipinski definition) is 0. The molecule has 0 amide bonds. The molecule has 88 valence electrons.